The van der Waals surface area contributed by atoms with Gasteiger partial charge in [-0.25, -0.2) is 9.59 Å². The van der Waals surface area contributed by atoms with E-state index in [1.165, 1.54) is 23.1 Å². The van der Waals surface area contributed by atoms with Crippen LogP contribution in [0.1, 0.15) is 42.8 Å². The molecule has 0 radical (unpaired) electrons. The number of hydrogen-bond donors (Lipinski definition) is 1. The number of hydrogen-bond acceptors (Lipinski definition) is 7. The molecule has 0 atom stereocenters. The van der Waals surface area contributed by atoms with E-state index in [0.717, 1.165) is 30.5 Å². The molecule has 126 valence electrons. The van der Waals surface area contributed by atoms with Crippen LogP contribution in [-0.2, 0) is 9.47 Å². The van der Waals surface area contributed by atoms with E-state index >= 15 is 0 Å². The molecule has 8 heteroatoms. The summed E-state index contributed by atoms with van der Waals surface area (Å²) in [5, 5.41) is 7.51. The summed E-state index contributed by atoms with van der Waals surface area (Å²) in [5.41, 5.74) is 0.548. The van der Waals surface area contributed by atoms with Crippen LogP contribution in [0, 0.1) is 0 Å². The number of carbonyl (C=O) groups is 2. The topological polar surface area (TPSA) is 82.5 Å². The first-order valence-electron chi connectivity index (χ1n) is 7.64. The molecule has 2 aromatic heterocycles. The maximum absolute atomic E-state index is 12.0. The van der Waals surface area contributed by atoms with E-state index in [-0.39, 0.29) is 6.61 Å². The Morgan fingerprint density at radius 2 is 2.13 bits per heavy atom. The number of rotatable bonds is 7. The Morgan fingerprint density at radius 3 is 2.78 bits per heavy atom. The minimum Gasteiger partial charge on any atom is -0.465 e. The second kappa shape index (κ2) is 7.96. The molecule has 0 spiro atoms. The number of anilines is 1. The summed E-state index contributed by atoms with van der Waals surface area (Å²) >= 11 is 1.25. The molecular weight excluding hydrogens is 318 g/mol. The van der Waals surface area contributed by atoms with Crippen LogP contribution in [0.25, 0.3) is 10.2 Å². The summed E-state index contributed by atoms with van der Waals surface area (Å²) < 4.78 is 11.7. The average molecular weight is 339 g/mol. The predicted molar refractivity (Wildman–Crippen MR) is 89.4 cm³/mol. The lowest BCUT2D eigenvalue weighted by Gasteiger charge is -2.03. The minimum atomic E-state index is -0.562. The van der Waals surface area contributed by atoms with Crippen LogP contribution in [-0.4, -0.2) is 42.1 Å². The van der Waals surface area contributed by atoms with Crippen molar-refractivity contribution in [3.63, 3.8) is 0 Å². The molecule has 23 heavy (non-hydrogen) atoms. The van der Waals surface area contributed by atoms with Crippen LogP contribution in [0.15, 0.2) is 6.07 Å². The third-order valence-electron chi connectivity index (χ3n) is 3.26. The lowest BCUT2D eigenvalue weighted by atomic mass is 10.2. The zero-order chi connectivity index (χ0) is 16.8. The van der Waals surface area contributed by atoms with Gasteiger partial charge in [-0.15, -0.1) is 16.4 Å². The van der Waals surface area contributed by atoms with E-state index in [1.807, 2.05) is 0 Å². The van der Waals surface area contributed by atoms with E-state index in [2.05, 4.69) is 17.3 Å². The zero-order valence-electron chi connectivity index (χ0n) is 13.5. The summed E-state index contributed by atoms with van der Waals surface area (Å²) in [6.07, 6.45) is 2.69. The molecule has 0 bridgehead atoms. The standard InChI is InChI=1S/C15H21N3O4S/c1-4-6-7-8-16-13-12-10(9-11(23-12)14(19)21-3)18(17-13)15(20)22-5-2/h9H,4-8H2,1-3H3,(H,16,17). The summed E-state index contributed by atoms with van der Waals surface area (Å²) in [6, 6.07) is 1.60. The fraction of sp³-hybridized carbons (Fsp3) is 0.533. The summed E-state index contributed by atoms with van der Waals surface area (Å²) in [7, 11) is 1.33. The van der Waals surface area contributed by atoms with Gasteiger partial charge in [-0.3, -0.25) is 0 Å². The van der Waals surface area contributed by atoms with Crippen LogP contribution in [0.2, 0.25) is 0 Å². The van der Waals surface area contributed by atoms with E-state index < -0.39 is 12.1 Å². The fourth-order valence-corrected chi connectivity index (χ4v) is 3.15. The summed E-state index contributed by atoms with van der Waals surface area (Å²) in [6.45, 7) is 4.88. The van der Waals surface area contributed by atoms with E-state index in [4.69, 9.17) is 9.47 Å². The number of ether oxygens (including phenoxy) is 2. The van der Waals surface area contributed by atoms with Gasteiger partial charge in [0.1, 0.15) is 4.88 Å². The van der Waals surface area contributed by atoms with Crippen LogP contribution in [0.3, 0.4) is 0 Å². The molecule has 2 heterocycles. The van der Waals surface area contributed by atoms with Crippen molar-refractivity contribution >= 4 is 39.4 Å². The van der Waals surface area contributed by atoms with Gasteiger partial charge in [-0.05, 0) is 19.4 Å². The normalized spacial score (nSPS) is 10.7. The Hall–Kier alpha value is -2.09. The molecule has 0 aromatic carbocycles. The van der Waals surface area contributed by atoms with Gasteiger partial charge in [0.05, 0.1) is 23.9 Å². The SMILES string of the molecule is CCCCCNc1nn(C(=O)OCC)c2cc(C(=O)OC)sc12. The van der Waals surface area contributed by atoms with Gasteiger partial charge >= 0.3 is 12.1 Å². The second-order valence-corrected chi connectivity index (χ2v) is 5.96. The van der Waals surface area contributed by atoms with Crippen molar-refractivity contribution in [2.24, 2.45) is 0 Å². The number of carbonyl (C=O) groups excluding carboxylic acids is 2. The van der Waals surface area contributed by atoms with Gasteiger partial charge in [0.2, 0.25) is 0 Å². The number of fused-ring (bicyclic) bond motifs is 1. The number of unbranched alkanes of at least 4 members (excludes halogenated alkanes) is 2. The maximum atomic E-state index is 12.0. The Balaban J connectivity index is 2.34. The van der Waals surface area contributed by atoms with E-state index in [1.54, 1.807) is 13.0 Å². The quantitative estimate of drug-likeness (QED) is 0.614. The van der Waals surface area contributed by atoms with Gasteiger partial charge in [-0.1, -0.05) is 19.8 Å². The van der Waals surface area contributed by atoms with Crippen LogP contribution in [0.4, 0.5) is 10.6 Å². The molecule has 0 amide bonds. The fourth-order valence-electron chi connectivity index (χ4n) is 2.13. The van der Waals surface area contributed by atoms with E-state index in [9.17, 15) is 9.59 Å². The molecule has 0 saturated carbocycles. The van der Waals surface area contributed by atoms with Crippen LogP contribution in [0.5, 0.6) is 0 Å². The molecule has 2 rings (SSSR count). The summed E-state index contributed by atoms with van der Waals surface area (Å²) in [4.78, 5) is 24.2. The second-order valence-electron chi connectivity index (χ2n) is 4.91. The van der Waals surface area contributed by atoms with Crippen molar-refractivity contribution in [1.29, 1.82) is 0 Å². The lowest BCUT2D eigenvalue weighted by Crippen LogP contribution is -2.15. The Bertz CT molecular complexity index is 692. The number of nitrogens with one attached hydrogen (secondary N) is 1. The molecule has 2 aromatic rings. The van der Waals surface area contributed by atoms with Crippen molar-refractivity contribution in [3.05, 3.63) is 10.9 Å². The first-order chi connectivity index (χ1) is 11.1. The lowest BCUT2D eigenvalue weighted by molar-refractivity contribution is 0.0606. The number of aromatic nitrogens is 2. The molecule has 0 aliphatic heterocycles. The molecule has 1 N–H and O–H groups in total. The highest BCUT2D eigenvalue weighted by molar-refractivity contribution is 7.21. The Kier molecular flexibility index (Phi) is 5.97. The van der Waals surface area contributed by atoms with Gasteiger partial charge in [0, 0.05) is 6.54 Å². The first-order valence-corrected chi connectivity index (χ1v) is 8.45. The van der Waals surface area contributed by atoms with Gasteiger partial charge in [0.25, 0.3) is 0 Å². The third kappa shape index (κ3) is 3.82. The number of esters is 1. The highest BCUT2D eigenvalue weighted by Gasteiger charge is 2.22. The van der Waals surface area contributed by atoms with Crippen molar-refractivity contribution in [2.75, 3.05) is 25.6 Å². The van der Waals surface area contributed by atoms with Crippen molar-refractivity contribution in [3.8, 4) is 0 Å². The smallest absolute Gasteiger partial charge is 0.435 e. The Morgan fingerprint density at radius 1 is 1.35 bits per heavy atom. The zero-order valence-corrected chi connectivity index (χ0v) is 14.4. The van der Waals surface area contributed by atoms with E-state index in [0.29, 0.717) is 16.2 Å². The first kappa shape index (κ1) is 17.3. The van der Waals surface area contributed by atoms with Gasteiger partial charge in [-0.2, -0.15) is 4.68 Å². The Labute approximate surface area is 138 Å². The highest BCUT2D eigenvalue weighted by Crippen LogP contribution is 2.32. The third-order valence-corrected chi connectivity index (χ3v) is 4.37. The highest BCUT2D eigenvalue weighted by atomic mass is 32.1. The summed E-state index contributed by atoms with van der Waals surface area (Å²) in [5.74, 6) is 0.155. The van der Waals surface area contributed by atoms with Crippen LogP contribution >= 0.6 is 11.3 Å². The number of thiophene rings is 1. The molecule has 7 nitrogen and oxygen atoms in total. The monoisotopic (exact) mass is 339 g/mol. The molecule has 0 aliphatic carbocycles. The maximum Gasteiger partial charge on any atom is 0.435 e. The number of methoxy groups -OCH3 is 1. The van der Waals surface area contributed by atoms with Crippen LogP contribution < -0.4 is 5.32 Å². The molecule has 0 fully saturated rings. The molecule has 0 saturated heterocycles. The van der Waals surface area contributed by atoms with Crippen molar-refractivity contribution < 1.29 is 19.1 Å². The molecular formula is C15H21N3O4S. The predicted octanol–water partition coefficient (Wildman–Crippen LogP) is 3.49. The molecule has 0 unspecified atom stereocenters. The minimum absolute atomic E-state index is 0.257. The van der Waals surface area contributed by atoms with Crippen molar-refractivity contribution in [2.45, 2.75) is 33.1 Å². The van der Waals surface area contributed by atoms with Gasteiger partial charge < -0.3 is 14.8 Å². The van der Waals surface area contributed by atoms with Gasteiger partial charge in [0.15, 0.2) is 5.82 Å². The molecule has 0 aliphatic rings. The van der Waals surface area contributed by atoms with Crippen molar-refractivity contribution in [1.82, 2.24) is 9.78 Å². The number of nitrogens with zero attached hydrogens (tertiary/aromatic N) is 2. The largest absolute Gasteiger partial charge is 0.465 e. The average Bonchev–Trinajstić information content (AvgIpc) is 3.11.